The quantitative estimate of drug-likeness (QED) is 0.827. The Labute approximate surface area is 140 Å². The average Bonchev–Trinajstić information content (AvgIpc) is 2.60. The molecule has 0 spiro atoms. The maximum atomic E-state index is 12.2. The molecule has 0 aliphatic rings. The van der Waals surface area contributed by atoms with E-state index in [1.54, 1.807) is 36.4 Å². The lowest BCUT2D eigenvalue weighted by Gasteiger charge is -2.11. The third kappa shape index (κ3) is 4.25. The standard InChI is InChI=1S/C18H20N2O4/c1-4-24-15-9-8-14(11-16(15)23-3)18(22)20-19-17(21)13-7-5-6-12(2)10-13/h5-11H,4H2,1-3H3,(H,19,21)(H,20,22). The third-order valence-corrected chi connectivity index (χ3v) is 3.30. The number of rotatable bonds is 5. The molecule has 0 aliphatic heterocycles. The zero-order valence-electron chi connectivity index (χ0n) is 13.9. The molecule has 0 saturated heterocycles. The van der Waals surface area contributed by atoms with Gasteiger partial charge < -0.3 is 9.47 Å². The number of nitrogens with one attached hydrogen (secondary N) is 2. The predicted octanol–water partition coefficient (Wildman–Crippen LogP) is 2.48. The fourth-order valence-electron chi connectivity index (χ4n) is 2.13. The number of carbonyl (C=O) groups is 2. The van der Waals surface area contributed by atoms with E-state index in [0.29, 0.717) is 29.2 Å². The summed E-state index contributed by atoms with van der Waals surface area (Å²) in [6, 6.07) is 11.9. The fourth-order valence-corrected chi connectivity index (χ4v) is 2.13. The Bertz CT molecular complexity index is 744. The summed E-state index contributed by atoms with van der Waals surface area (Å²) in [5.41, 5.74) is 6.56. The number of carbonyl (C=O) groups excluding carboxylic acids is 2. The first-order chi connectivity index (χ1) is 11.5. The molecular formula is C18H20N2O4. The van der Waals surface area contributed by atoms with Gasteiger partial charge in [-0.15, -0.1) is 0 Å². The highest BCUT2D eigenvalue weighted by molar-refractivity contribution is 5.99. The summed E-state index contributed by atoms with van der Waals surface area (Å²) in [5, 5.41) is 0. The van der Waals surface area contributed by atoms with Crippen LogP contribution < -0.4 is 20.3 Å². The number of methoxy groups -OCH3 is 1. The summed E-state index contributed by atoms with van der Waals surface area (Å²) >= 11 is 0. The molecule has 0 saturated carbocycles. The highest BCUT2D eigenvalue weighted by Gasteiger charge is 2.12. The molecular weight excluding hydrogens is 308 g/mol. The lowest BCUT2D eigenvalue weighted by atomic mass is 10.1. The van der Waals surface area contributed by atoms with Gasteiger partial charge in [0.1, 0.15) is 0 Å². The van der Waals surface area contributed by atoms with Gasteiger partial charge >= 0.3 is 0 Å². The minimum atomic E-state index is -0.447. The Balaban J connectivity index is 2.03. The number of hydrogen-bond acceptors (Lipinski definition) is 4. The Morgan fingerprint density at radius 2 is 1.62 bits per heavy atom. The molecule has 0 bridgehead atoms. The van der Waals surface area contributed by atoms with E-state index in [0.717, 1.165) is 5.56 Å². The first kappa shape index (κ1) is 17.3. The van der Waals surface area contributed by atoms with Gasteiger partial charge in [-0.05, 0) is 44.2 Å². The largest absolute Gasteiger partial charge is 0.493 e. The van der Waals surface area contributed by atoms with E-state index in [9.17, 15) is 9.59 Å². The van der Waals surface area contributed by atoms with Crippen LogP contribution >= 0.6 is 0 Å². The number of benzene rings is 2. The summed E-state index contributed by atoms with van der Waals surface area (Å²) in [5.74, 6) is 0.178. The maximum Gasteiger partial charge on any atom is 0.269 e. The predicted molar refractivity (Wildman–Crippen MR) is 90.3 cm³/mol. The molecule has 2 N–H and O–H groups in total. The maximum absolute atomic E-state index is 12.2. The van der Waals surface area contributed by atoms with Gasteiger partial charge in [-0.3, -0.25) is 20.4 Å². The van der Waals surface area contributed by atoms with Crippen LogP contribution in [0.1, 0.15) is 33.2 Å². The van der Waals surface area contributed by atoms with Crippen LogP contribution in [-0.4, -0.2) is 25.5 Å². The van der Waals surface area contributed by atoms with Crippen LogP contribution in [0.4, 0.5) is 0 Å². The topological polar surface area (TPSA) is 76.7 Å². The van der Waals surface area contributed by atoms with Gasteiger partial charge in [-0.25, -0.2) is 0 Å². The van der Waals surface area contributed by atoms with Gasteiger partial charge in [0.2, 0.25) is 0 Å². The van der Waals surface area contributed by atoms with Crippen molar-refractivity contribution in [2.75, 3.05) is 13.7 Å². The molecule has 0 heterocycles. The Morgan fingerprint density at radius 1 is 0.958 bits per heavy atom. The fraction of sp³-hybridized carbons (Fsp3) is 0.222. The molecule has 126 valence electrons. The summed E-state index contributed by atoms with van der Waals surface area (Å²) in [4.78, 5) is 24.2. The van der Waals surface area contributed by atoms with E-state index in [-0.39, 0.29) is 5.91 Å². The number of ether oxygens (including phenoxy) is 2. The molecule has 0 atom stereocenters. The normalized spacial score (nSPS) is 9.96. The van der Waals surface area contributed by atoms with Crippen molar-refractivity contribution >= 4 is 11.8 Å². The Morgan fingerprint density at radius 3 is 2.21 bits per heavy atom. The van der Waals surface area contributed by atoms with Gasteiger partial charge in [-0.2, -0.15) is 0 Å². The molecule has 6 heteroatoms. The van der Waals surface area contributed by atoms with Crippen LogP contribution in [-0.2, 0) is 0 Å². The van der Waals surface area contributed by atoms with E-state index in [4.69, 9.17) is 9.47 Å². The van der Waals surface area contributed by atoms with Crippen molar-refractivity contribution < 1.29 is 19.1 Å². The van der Waals surface area contributed by atoms with Crippen LogP contribution in [0.2, 0.25) is 0 Å². The number of hydrazine groups is 1. The average molecular weight is 328 g/mol. The van der Waals surface area contributed by atoms with Crippen molar-refractivity contribution in [2.45, 2.75) is 13.8 Å². The monoisotopic (exact) mass is 328 g/mol. The molecule has 0 fully saturated rings. The molecule has 2 amide bonds. The van der Waals surface area contributed by atoms with Crippen LogP contribution in [0, 0.1) is 6.92 Å². The van der Waals surface area contributed by atoms with Crippen molar-refractivity contribution in [3.05, 3.63) is 59.2 Å². The van der Waals surface area contributed by atoms with Gasteiger partial charge in [-0.1, -0.05) is 17.7 Å². The molecule has 6 nitrogen and oxygen atoms in total. The van der Waals surface area contributed by atoms with E-state index in [2.05, 4.69) is 10.9 Å². The first-order valence-electron chi connectivity index (χ1n) is 7.53. The van der Waals surface area contributed by atoms with Crippen LogP contribution in [0.5, 0.6) is 11.5 Å². The molecule has 2 aromatic rings. The number of hydrogen-bond donors (Lipinski definition) is 2. The second-order valence-corrected chi connectivity index (χ2v) is 5.08. The van der Waals surface area contributed by atoms with E-state index < -0.39 is 5.91 Å². The highest BCUT2D eigenvalue weighted by Crippen LogP contribution is 2.27. The zero-order valence-corrected chi connectivity index (χ0v) is 13.9. The second kappa shape index (κ2) is 8.01. The van der Waals surface area contributed by atoms with Crippen LogP contribution in [0.3, 0.4) is 0 Å². The van der Waals surface area contributed by atoms with Crippen molar-refractivity contribution in [1.82, 2.24) is 10.9 Å². The SMILES string of the molecule is CCOc1ccc(C(=O)NNC(=O)c2cccc(C)c2)cc1OC. The summed E-state index contributed by atoms with van der Waals surface area (Å²) in [7, 11) is 1.50. The van der Waals surface area contributed by atoms with Gasteiger partial charge in [0.25, 0.3) is 11.8 Å². The minimum absolute atomic E-state index is 0.347. The minimum Gasteiger partial charge on any atom is -0.493 e. The summed E-state index contributed by atoms with van der Waals surface area (Å²) < 4.78 is 10.6. The van der Waals surface area contributed by atoms with E-state index >= 15 is 0 Å². The van der Waals surface area contributed by atoms with E-state index in [1.165, 1.54) is 7.11 Å². The Hall–Kier alpha value is -3.02. The Kier molecular flexibility index (Phi) is 5.78. The molecule has 0 aliphatic carbocycles. The lowest BCUT2D eigenvalue weighted by Crippen LogP contribution is -2.41. The van der Waals surface area contributed by atoms with Gasteiger partial charge in [0, 0.05) is 11.1 Å². The number of amides is 2. The van der Waals surface area contributed by atoms with Crippen LogP contribution in [0.15, 0.2) is 42.5 Å². The molecule has 0 aromatic heterocycles. The van der Waals surface area contributed by atoms with Crippen LogP contribution in [0.25, 0.3) is 0 Å². The lowest BCUT2D eigenvalue weighted by molar-refractivity contribution is 0.0846. The number of aryl methyl sites for hydroxylation is 1. The molecule has 2 aromatic carbocycles. The highest BCUT2D eigenvalue weighted by atomic mass is 16.5. The molecule has 0 unspecified atom stereocenters. The van der Waals surface area contributed by atoms with Crippen molar-refractivity contribution in [1.29, 1.82) is 0 Å². The van der Waals surface area contributed by atoms with Crippen molar-refractivity contribution in [2.24, 2.45) is 0 Å². The zero-order chi connectivity index (χ0) is 17.5. The second-order valence-electron chi connectivity index (χ2n) is 5.08. The third-order valence-electron chi connectivity index (χ3n) is 3.30. The van der Waals surface area contributed by atoms with Gasteiger partial charge in [0.15, 0.2) is 11.5 Å². The molecule has 0 radical (unpaired) electrons. The van der Waals surface area contributed by atoms with Crippen molar-refractivity contribution in [3.8, 4) is 11.5 Å². The molecule has 2 rings (SSSR count). The summed E-state index contributed by atoms with van der Waals surface area (Å²) in [6.07, 6.45) is 0. The van der Waals surface area contributed by atoms with Gasteiger partial charge in [0.05, 0.1) is 13.7 Å². The van der Waals surface area contributed by atoms with Crippen molar-refractivity contribution in [3.63, 3.8) is 0 Å². The van der Waals surface area contributed by atoms with E-state index in [1.807, 2.05) is 19.9 Å². The smallest absolute Gasteiger partial charge is 0.269 e. The first-order valence-corrected chi connectivity index (χ1v) is 7.53. The summed E-state index contributed by atoms with van der Waals surface area (Å²) in [6.45, 7) is 4.25. The molecule has 24 heavy (non-hydrogen) atoms.